The van der Waals surface area contributed by atoms with E-state index >= 15 is 0 Å². The van der Waals surface area contributed by atoms with E-state index in [0.29, 0.717) is 6.79 Å². The summed E-state index contributed by atoms with van der Waals surface area (Å²) < 4.78 is 10.7. The molecule has 3 rings (SSSR count). The van der Waals surface area contributed by atoms with Gasteiger partial charge >= 0.3 is 0 Å². The van der Waals surface area contributed by atoms with Gasteiger partial charge in [-0.25, -0.2) is 0 Å². The van der Waals surface area contributed by atoms with Crippen LogP contribution in [0.5, 0.6) is 11.5 Å². The third-order valence-corrected chi connectivity index (χ3v) is 3.91. The van der Waals surface area contributed by atoms with E-state index in [0.717, 1.165) is 42.9 Å². The Kier molecular flexibility index (Phi) is 6.60. The SMILES string of the molecule is CN=C(NCCc1ccc2c(c1)OCO2)NCCC1CC1.I. The van der Waals surface area contributed by atoms with Crippen molar-refractivity contribution < 1.29 is 9.47 Å². The number of rotatable bonds is 6. The Bertz CT molecular complexity index is 518. The summed E-state index contributed by atoms with van der Waals surface area (Å²) in [7, 11) is 1.81. The molecule has 1 aromatic carbocycles. The maximum Gasteiger partial charge on any atom is 0.231 e. The van der Waals surface area contributed by atoms with E-state index in [9.17, 15) is 0 Å². The molecule has 1 aromatic rings. The van der Waals surface area contributed by atoms with E-state index in [1.807, 2.05) is 19.2 Å². The quantitative estimate of drug-likeness (QED) is 0.425. The molecule has 2 aliphatic rings. The largest absolute Gasteiger partial charge is 0.454 e. The molecule has 0 saturated heterocycles. The number of ether oxygens (including phenoxy) is 2. The maximum absolute atomic E-state index is 5.39. The minimum Gasteiger partial charge on any atom is -0.454 e. The number of hydrogen-bond acceptors (Lipinski definition) is 3. The number of fused-ring (bicyclic) bond motifs is 1. The number of nitrogens with one attached hydrogen (secondary N) is 2. The van der Waals surface area contributed by atoms with Crippen molar-refractivity contribution in [2.75, 3.05) is 26.9 Å². The Labute approximate surface area is 148 Å². The molecule has 122 valence electrons. The molecule has 0 amide bonds. The van der Waals surface area contributed by atoms with Gasteiger partial charge in [-0.3, -0.25) is 4.99 Å². The summed E-state index contributed by atoms with van der Waals surface area (Å²) >= 11 is 0. The molecule has 6 heteroatoms. The van der Waals surface area contributed by atoms with Gasteiger partial charge in [0.25, 0.3) is 0 Å². The van der Waals surface area contributed by atoms with Gasteiger partial charge in [0.05, 0.1) is 0 Å². The van der Waals surface area contributed by atoms with Crippen LogP contribution < -0.4 is 20.1 Å². The molecule has 1 aliphatic carbocycles. The summed E-state index contributed by atoms with van der Waals surface area (Å²) in [5.41, 5.74) is 1.24. The lowest BCUT2D eigenvalue weighted by Gasteiger charge is -2.11. The minimum absolute atomic E-state index is 0. The Hall–Kier alpha value is -1.18. The van der Waals surface area contributed by atoms with Crippen molar-refractivity contribution >= 4 is 29.9 Å². The van der Waals surface area contributed by atoms with Crippen LogP contribution in [0.3, 0.4) is 0 Å². The summed E-state index contributed by atoms with van der Waals surface area (Å²) in [5.74, 6) is 3.52. The van der Waals surface area contributed by atoms with Crippen molar-refractivity contribution in [1.82, 2.24) is 10.6 Å². The first-order chi connectivity index (χ1) is 10.3. The van der Waals surface area contributed by atoms with Crippen LogP contribution in [0, 0.1) is 5.92 Å². The number of benzene rings is 1. The van der Waals surface area contributed by atoms with Crippen LogP contribution in [0.1, 0.15) is 24.8 Å². The van der Waals surface area contributed by atoms with Crippen molar-refractivity contribution in [3.8, 4) is 11.5 Å². The minimum atomic E-state index is 0. The lowest BCUT2D eigenvalue weighted by Crippen LogP contribution is -2.38. The predicted molar refractivity (Wildman–Crippen MR) is 98.4 cm³/mol. The molecular formula is C16H24IN3O2. The Balaban J connectivity index is 0.00000176. The highest BCUT2D eigenvalue weighted by molar-refractivity contribution is 14.0. The van der Waals surface area contributed by atoms with Crippen LogP contribution in [0.2, 0.25) is 0 Å². The average Bonchev–Trinajstić information content (AvgIpc) is 3.21. The first-order valence-corrected chi connectivity index (χ1v) is 7.68. The van der Waals surface area contributed by atoms with Crippen molar-refractivity contribution in [3.63, 3.8) is 0 Å². The fourth-order valence-corrected chi connectivity index (χ4v) is 2.44. The second-order valence-electron chi connectivity index (χ2n) is 5.60. The number of guanidine groups is 1. The van der Waals surface area contributed by atoms with Gasteiger partial charge in [-0.2, -0.15) is 0 Å². The van der Waals surface area contributed by atoms with E-state index in [1.165, 1.54) is 24.8 Å². The lowest BCUT2D eigenvalue weighted by atomic mass is 10.1. The van der Waals surface area contributed by atoms with Crippen LogP contribution in [0.25, 0.3) is 0 Å². The third-order valence-electron chi connectivity index (χ3n) is 3.91. The monoisotopic (exact) mass is 417 g/mol. The van der Waals surface area contributed by atoms with E-state index in [4.69, 9.17) is 9.47 Å². The van der Waals surface area contributed by atoms with Gasteiger partial charge in [0.15, 0.2) is 17.5 Å². The lowest BCUT2D eigenvalue weighted by molar-refractivity contribution is 0.174. The fraction of sp³-hybridized carbons (Fsp3) is 0.562. The van der Waals surface area contributed by atoms with Gasteiger partial charge in [-0.15, -0.1) is 24.0 Å². The van der Waals surface area contributed by atoms with Crippen molar-refractivity contribution in [3.05, 3.63) is 23.8 Å². The third kappa shape index (κ3) is 4.93. The number of hydrogen-bond donors (Lipinski definition) is 2. The second kappa shape index (κ2) is 8.45. The molecule has 0 radical (unpaired) electrons. The van der Waals surface area contributed by atoms with Crippen LogP contribution >= 0.6 is 24.0 Å². The topological polar surface area (TPSA) is 54.9 Å². The van der Waals surface area contributed by atoms with Gasteiger partial charge in [0, 0.05) is 20.1 Å². The zero-order chi connectivity index (χ0) is 14.5. The Morgan fingerprint density at radius 3 is 2.73 bits per heavy atom. The first kappa shape index (κ1) is 17.2. The maximum atomic E-state index is 5.39. The second-order valence-corrected chi connectivity index (χ2v) is 5.60. The smallest absolute Gasteiger partial charge is 0.231 e. The summed E-state index contributed by atoms with van der Waals surface area (Å²) in [4.78, 5) is 4.24. The molecule has 1 fully saturated rings. The van der Waals surface area contributed by atoms with Crippen LogP contribution in [-0.4, -0.2) is 32.9 Å². The average molecular weight is 417 g/mol. The molecule has 0 bridgehead atoms. The molecule has 2 N–H and O–H groups in total. The first-order valence-electron chi connectivity index (χ1n) is 7.68. The highest BCUT2D eigenvalue weighted by atomic mass is 127. The summed E-state index contributed by atoms with van der Waals surface area (Å²) in [6.45, 7) is 2.19. The Morgan fingerprint density at radius 2 is 1.95 bits per heavy atom. The number of halogens is 1. The Morgan fingerprint density at radius 1 is 1.18 bits per heavy atom. The van der Waals surface area contributed by atoms with Crippen molar-refractivity contribution in [2.24, 2.45) is 10.9 Å². The van der Waals surface area contributed by atoms with Crippen molar-refractivity contribution in [2.45, 2.75) is 25.7 Å². The summed E-state index contributed by atoms with van der Waals surface area (Å²) in [6.07, 6.45) is 4.98. The van der Waals surface area contributed by atoms with Gasteiger partial charge in [0.1, 0.15) is 0 Å². The molecule has 0 aromatic heterocycles. The highest BCUT2D eigenvalue weighted by Gasteiger charge is 2.20. The summed E-state index contributed by atoms with van der Waals surface area (Å²) in [5, 5.41) is 6.71. The molecule has 1 aliphatic heterocycles. The van der Waals surface area contributed by atoms with Crippen LogP contribution in [-0.2, 0) is 6.42 Å². The van der Waals surface area contributed by atoms with Crippen LogP contribution in [0.15, 0.2) is 23.2 Å². The molecule has 22 heavy (non-hydrogen) atoms. The zero-order valence-corrected chi connectivity index (χ0v) is 15.3. The van der Waals surface area contributed by atoms with Gasteiger partial charge in [0.2, 0.25) is 6.79 Å². The fourth-order valence-electron chi connectivity index (χ4n) is 2.44. The molecule has 1 heterocycles. The summed E-state index contributed by atoms with van der Waals surface area (Å²) in [6, 6.07) is 6.10. The van der Waals surface area contributed by atoms with Crippen LogP contribution in [0.4, 0.5) is 0 Å². The molecule has 0 atom stereocenters. The molecule has 0 unspecified atom stereocenters. The molecule has 5 nitrogen and oxygen atoms in total. The van der Waals surface area contributed by atoms with E-state index in [-0.39, 0.29) is 24.0 Å². The van der Waals surface area contributed by atoms with E-state index < -0.39 is 0 Å². The van der Waals surface area contributed by atoms with Gasteiger partial charge < -0.3 is 20.1 Å². The van der Waals surface area contributed by atoms with Gasteiger partial charge in [-0.05, 0) is 36.5 Å². The number of nitrogens with zero attached hydrogens (tertiary/aromatic N) is 1. The predicted octanol–water partition coefficient (Wildman–Crippen LogP) is 2.54. The standard InChI is InChI=1S/C16H23N3O2.HI/c1-17-16(18-8-6-12-2-3-12)19-9-7-13-4-5-14-15(10-13)21-11-20-14;/h4-5,10,12H,2-3,6-9,11H2,1H3,(H2,17,18,19);1H. The zero-order valence-electron chi connectivity index (χ0n) is 12.9. The molecular weight excluding hydrogens is 393 g/mol. The molecule has 0 spiro atoms. The normalized spacial score (nSPS) is 16.1. The van der Waals surface area contributed by atoms with Crippen molar-refractivity contribution in [1.29, 1.82) is 0 Å². The number of aliphatic imine (C=N–C) groups is 1. The van der Waals surface area contributed by atoms with E-state index in [2.05, 4.69) is 21.7 Å². The molecule has 1 saturated carbocycles. The van der Waals surface area contributed by atoms with E-state index in [1.54, 1.807) is 0 Å². The van der Waals surface area contributed by atoms with Gasteiger partial charge in [-0.1, -0.05) is 18.9 Å². The highest BCUT2D eigenvalue weighted by Crippen LogP contribution is 2.32.